The summed E-state index contributed by atoms with van der Waals surface area (Å²) in [6.07, 6.45) is -0.410. The molecular formula is C45H38ClN11O21S8. The average molecular weight is 1360 g/mol. The Labute approximate surface area is 498 Å². The van der Waals surface area contributed by atoms with Crippen molar-refractivity contribution in [2.45, 2.75) is 58.1 Å². The number of amides is 1. The van der Waals surface area contributed by atoms with Crippen LogP contribution in [0.1, 0.15) is 36.5 Å². The van der Waals surface area contributed by atoms with Gasteiger partial charge in [-0.2, -0.15) is 60.9 Å². The van der Waals surface area contributed by atoms with Crippen molar-refractivity contribution in [3.63, 3.8) is 0 Å². The number of fused-ring (bicyclic) bond motifs is 6. The van der Waals surface area contributed by atoms with Crippen molar-refractivity contribution in [2.75, 3.05) is 29.2 Å². The van der Waals surface area contributed by atoms with Gasteiger partial charge in [0.05, 0.1) is 44.6 Å². The summed E-state index contributed by atoms with van der Waals surface area (Å²) in [6.45, 7) is 3.62. The number of nitrogens with zero attached hydrogens (tertiary/aromatic N) is 10. The van der Waals surface area contributed by atoms with E-state index in [4.69, 9.17) is 16.3 Å². The molecule has 0 spiro atoms. The van der Waals surface area contributed by atoms with Gasteiger partial charge in [-0.1, -0.05) is 22.9 Å². The first kappa shape index (κ1) is 64.7. The Balaban J connectivity index is 1.24. The number of pyridine rings is 1. The lowest BCUT2D eigenvalue weighted by molar-refractivity contribution is -0.114. The largest absolute Gasteiger partial charge is 0.493 e. The van der Waals surface area contributed by atoms with E-state index in [1.54, 1.807) is 0 Å². The standard InChI is InChI=1S/C45H38ClN11O21S8/c1-20-10-31(53-55-39-21(2)27(19-47)43-49-40-33(57(43)44(39)59)11-23(46)12-37(40)85(72,73)74)34(78-6-4-8-81(60,61)62)17-28(20)51-54-32-16-29(48-22(3)58)30(18-35(32)79-7-5-9-82(63,64)65)52-56-45-50-41-38(86(75,76)77)15-25-26(42(41)80-45)13-24(83(66,67)68)14-36(25)84(69,70)71/h10-18,59H,4-9H2,1-3H3,(H,48,58)(H,60,61,62)(H,63,64,65)(H,66,67,68)(H,69,70,71)(H,72,73,74)(H,75,76,77). The van der Waals surface area contributed by atoms with Crippen LogP contribution < -0.4 is 10.1 Å². The quantitative estimate of drug-likeness (QED) is 0.0144. The molecule has 3 aromatic heterocycles. The molecule has 8 rings (SSSR count). The van der Waals surface area contributed by atoms with Crippen LogP contribution in [0.2, 0.25) is 5.02 Å². The van der Waals surface area contributed by atoms with E-state index in [2.05, 4.69) is 46.0 Å². The maximum Gasteiger partial charge on any atom is 0.296 e. The van der Waals surface area contributed by atoms with Crippen molar-refractivity contribution in [3.05, 3.63) is 76.3 Å². The van der Waals surface area contributed by atoms with Crippen molar-refractivity contribution in [3.8, 4) is 17.7 Å². The number of thioether (sulfide) groups is 1. The summed E-state index contributed by atoms with van der Waals surface area (Å²) in [5.74, 6) is -3.03. The van der Waals surface area contributed by atoms with E-state index in [-0.39, 0.29) is 113 Å². The molecule has 86 heavy (non-hydrogen) atoms. The molecule has 0 saturated heterocycles. The molecule has 0 bridgehead atoms. The first-order chi connectivity index (χ1) is 39.8. The molecule has 0 fully saturated rings. The van der Waals surface area contributed by atoms with Gasteiger partial charge in [-0.25, -0.2) is 9.97 Å². The number of aromatic nitrogens is 3. The second kappa shape index (κ2) is 24.1. The summed E-state index contributed by atoms with van der Waals surface area (Å²) in [7, 11) is -29.7. The molecule has 0 saturated carbocycles. The van der Waals surface area contributed by atoms with Crippen molar-refractivity contribution in [1.82, 2.24) is 14.4 Å². The molecule has 3 heterocycles. The fourth-order valence-corrected chi connectivity index (χ4v) is 14.2. The third-order valence-electron chi connectivity index (χ3n) is 11.8. The number of aryl methyl sites for hydroxylation is 1. The lowest BCUT2D eigenvalue weighted by Crippen LogP contribution is -2.08. The Kier molecular flexibility index (Phi) is 18.1. The molecule has 0 aliphatic carbocycles. The molecular weight excluding hydrogens is 1320 g/mol. The fourth-order valence-electron chi connectivity index (χ4n) is 8.15. The van der Waals surface area contributed by atoms with Crippen LogP contribution in [0.25, 0.3) is 37.7 Å². The van der Waals surface area contributed by atoms with Crippen LogP contribution in [0.4, 0.5) is 39.3 Å². The summed E-state index contributed by atoms with van der Waals surface area (Å²) >= 11 is 7.59. The molecule has 0 aliphatic rings. The zero-order valence-electron chi connectivity index (χ0n) is 43.4. The number of ether oxygens (including phenoxy) is 1. The second-order valence-electron chi connectivity index (χ2n) is 18.0. The number of azo groups is 3. The number of hydrogen-bond acceptors (Lipinski definition) is 26. The molecule has 8 N–H and O–H groups in total. The van der Waals surface area contributed by atoms with Crippen molar-refractivity contribution in [2.24, 2.45) is 30.7 Å². The highest BCUT2D eigenvalue weighted by Gasteiger charge is 2.29. The number of benzene rings is 5. The molecule has 0 aliphatic heterocycles. The van der Waals surface area contributed by atoms with Gasteiger partial charge in [0, 0.05) is 39.2 Å². The molecule has 454 valence electrons. The Bertz CT molecular complexity index is 5090. The molecule has 5 aromatic carbocycles. The highest BCUT2D eigenvalue weighted by Crippen LogP contribution is 2.46. The van der Waals surface area contributed by atoms with E-state index < -0.39 is 125 Å². The van der Waals surface area contributed by atoms with Crippen LogP contribution >= 0.6 is 34.7 Å². The van der Waals surface area contributed by atoms with Crippen molar-refractivity contribution in [1.29, 1.82) is 5.26 Å². The van der Waals surface area contributed by atoms with Crippen LogP contribution in [-0.2, 0) is 65.5 Å². The van der Waals surface area contributed by atoms with Gasteiger partial charge >= 0.3 is 0 Å². The molecule has 0 unspecified atom stereocenters. The number of thiazole rings is 1. The van der Waals surface area contributed by atoms with E-state index >= 15 is 0 Å². The van der Waals surface area contributed by atoms with Crippen LogP contribution in [-0.4, -0.2) is 127 Å². The molecule has 32 nitrogen and oxygen atoms in total. The number of nitrogens with one attached hydrogen (secondary N) is 1. The van der Waals surface area contributed by atoms with Gasteiger partial charge in [-0.3, -0.25) is 36.5 Å². The Hall–Kier alpha value is -7.34. The highest BCUT2D eigenvalue weighted by atomic mass is 35.5. The van der Waals surface area contributed by atoms with E-state index in [0.29, 0.717) is 23.5 Å². The average Bonchev–Trinajstić information content (AvgIpc) is 1.51. The first-order valence-corrected chi connectivity index (χ1v) is 34.6. The third kappa shape index (κ3) is 14.6. The number of carbonyl (C=O) groups excluding carboxylic acids is 1. The lowest BCUT2D eigenvalue weighted by Gasteiger charge is -2.13. The minimum Gasteiger partial charge on any atom is -0.493 e. The van der Waals surface area contributed by atoms with Gasteiger partial charge in [-0.05, 0) is 86.5 Å². The van der Waals surface area contributed by atoms with Crippen molar-refractivity contribution < 1.29 is 92.5 Å². The van der Waals surface area contributed by atoms with Gasteiger partial charge in [0.15, 0.2) is 11.3 Å². The Morgan fingerprint density at radius 2 is 1.31 bits per heavy atom. The highest BCUT2D eigenvalue weighted by molar-refractivity contribution is 7.99. The maximum atomic E-state index is 12.7. The zero-order chi connectivity index (χ0) is 63.4. The maximum absolute atomic E-state index is 12.7. The fraction of sp³-hybridized carbons (Fsp3) is 0.200. The van der Waals surface area contributed by atoms with Crippen LogP contribution in [0.15, 0.2) is 110 Å². The first-order valence-electron chi connectivity index (χ1n) is 23.4. The Morgan fingerprint density at radius 1 is 0.698 bits per heavy atom. The molecule has 0 radical (unpaired) electrons. The second-order valence-corrected chi connectivity index (χ2v) is 29.3. The Morgan fingerprint density at radius 3 is 1.93 bits per heavy atom. The third-order valence-corrected chi connectivity index (χ3v) is 19.2. The predicted octanol–water partition coefficient (Wildman–Crippen LogP) is 9.32. The summed E-state index contributed by atoms with van der Waals surface area (Å²) < 4.78 is 211. The number of imidazole rings is 1. The molecule has 41 heteroatoms. The molecule has 8 aromatic rings. The van der Waals surface area contributed by atoms with Gasteiger partial charge in [0.25, 0.3) is 60.7 Å². The van der Waals surface area contributed by atoms with Gasteiger partial charge in [0.1, 0.15) is 60.2 Å². The smallest absolute Gasteiger partial charge is 0.296 e. The summed E-state index contributed by atoms with van der Waals surface area (Å²) in [5.41, 5.74) is -2.16. The van der Waals surface area contributed by atoms with Crippen molar-refractivity contribution >= 4 is 178 Å². The van der Waals surface area contributed by atoms with Crippen LogP contribution in [0, 0.1) is 25.2 Å². The minimum absolute atomic E-state index is 0.00958. The number of anilines is 1. The predicted molar refractivity (Wildman–Crippen MR) is 308 cm³/mol. The minimum atomic E-state index is -5.36. The number of halogens is 1. The number of rotatable bonds is 21. The van der Waals surface area contributed by atoms with E-state index in [0.717, 1.165) is 35.2 Å². The number of nitriles is 1. The number of carbonyl (C=O) groups is 1. The normalized spacial score (nSPS) is 13.1. The number of hydrogen-bond donors (Lipinski definition) is 8. The van der Waals surface area contributed by atoms with Crippen LogP contribution in [0.5, 0.6) is 11.6 Å². The van der Waals surface area contributed by atoms with Gasteiger partial charge in [0.2, 0.25) is 16.9 Å². The molecule has 0 atom stereocenters. The summed E-state index contributed by atoms with van der Waals surface area (Å²) in [5, 5.41) is 48.2. The zero-order valence-corrected chi connectivity index (χ0v) is 50.7. The van der Waals surface area contributed by atoms with E-state index in [1.165, 1.54) is 44.2 Å². The summed E-state index contributed by atoms with van der Waals surface area (Å²) in [4.78, 5) is 17.1. The van der Waals surface area contributed by atoms with E-state index in [1.807, 2.05) is 6.07 Å². The SMILES string of the molecule is CC(=O)Nc1cc(N=Nc2cc(OCCCS(=O)(=O)O)c(N=Nc3c(C)c(C#N)c4nc5c(S(=O)(=O)O)cc(Cl)cc5n4c3O)cc2C)c(SCCCS(=O)(=O)O)cc1N=Nc1nc2c(S(=O)(=O)O)cc3c(S(=O)(=O)O)cc(S(=O)(=O)O)cc3c2s1. The van der Waals surface area contributed by atoms with Gasteiger partial charge in [-0.15, -0.1) is 37.3 Å². The lowest BCUT2D eigenvalue weighted by atomic mass is 10.1. The van der Waals surface area contributed by atoms with E-state index in [9.17, 15) is 93.0 Å². The summed E-state index contributed by atoms with van der Waals surface area (Å²) in [6, 6.07) is 10.9. The topological polar surface area (TPSA) is 513 Å². The number of aromatic hydroxyl groups is 1. The monoisotopic (exact) mass is 1360 g/mol. The van der Waals surface area contributed by atoms with Gasteiger partial charge < -0.3 is 15.2 Å². The molecule has 1 amide bonds. The van der Waals surface area contributed by atoms with Crippen LogP contribution in [0.3, 0.4) is 0 Å².